The molecule has 1 aromatic heterocycles. The largest absolute Gasteiger partial charge is 0.444 e. The molecule has 0 bridgehead atoms. The van der Waals surface area contributed by atoms with Crippen LogP contribution >= 0.6 is 11.6 Å². The lowest BCUT2D eigenvalue weighted by molar-refractivity contribution is -0.00632. The Bertz CT molecular complexity index is 1630. The number of aromatic nitrogens is 2. The number of rotatable bonds is 13. The van der Waals surface area contributed by atoms with Crippen molar-refractivity contribution in [2.45, 2.75) is 83.1 Å². The molecule has 1 fully saturated rings. The van der Waals surface area contributed by atoms with E-state index in [1.54, 1.807) is 40.0 Å². The van der Waals surface area contributed by atoms with Gasteiger partial charge in [-0.25, -0.2) is 13.9 Å². The third kappa shape index (κ3) is 11.0. The van der Waals surface area contributed by atoms with Gasteiger partial charge in [-0.15, -0.1) is 0 Å². The lowest BCUT2D eigenvalue weighted by atomic mass is 9.73. The Kier molecular flexibility index (Phi) is 11.8. The number of amides is 1. The summed E-state index contributed by atoms with van der Waals surface area (Å²) in [6, 6.07) is 10.7. The quantitative estimate of drug-likeness (QED) is 0.105. The van der Waals surface area contributed by atoms with Crippen molar-refractivity contribution < 1.29 is 36.0 Å². The number of likely N-dealkylation sites (tertiary alicyclic amines) is 1. The predicted molar refractivity (Wildman–Crippen MR) is 183 cm³/mol. The molecule has 4 rings (SSSR count). The molecule has 2 heterocycles. The van der Waals surface area contributed by atoms with Crippen molar-refractivity contribution in [1.29, 1.82) is 0 Å². The van der Waals surface area contributed by atoms with Gasteiger partial charge in [-0.05, 0) is 69.5 Å². The fourth-order valence-electron chi connectivity index (χ4n) is 5.53. The minimum absolute atomic E-state index is 0.124. The summed E-state index contributed by atoms with van der Waals surface area (Å²) in [6.07, 6.45) is 2.41. The zero-order valence-corrected chi connectivity index (χ0v) is 30.9. The summed E-state index contributed by atoms with van der Waals surface area (Å²) in [5, 5.41) is 5.79. The van der Waals surface area contributed by atoms with Crippen molar-refractivity contribution in [2.75, 3.05) is 39.2 Å². The maximum atomic E-state index is 13.9. The molecule has 10 nitrogen and oxygen atoms in total. The van der Waals surface area contributed by atoms with E-state index in [0.29, 0.717) is 54.0 Å². The van der Waals surface area contributed by atoms with E-state index in [1.165, 1.54) is 12.1 Å². The third-order valence-electron chi connectivity index (χ3n) is 7.98. The van der Waals surface area contributed by atoms with E-state index in [9.17, 15) is 17.6 Å². The maximum Gasteiger partial charge on any atom is 0.410 e. The van der Waals surface area contributed by atoms with Crippen LogP contribution in [0.25, 0.3) is 10.9 Å². The monoisotopic (exact) mass is 711 g/mol. The zero-order valence-electron chi connectivity index (χ0n) is 28.3. The number of halogens is 2. The van der Waals surface area contributed by atoms with E-state index in [0.717, 1.165) is 17.9 Å². The van der Waals surface area contributed by atoms with Gasteiger partial charge in [-0.3, -0.25) is 4.18 Å². The lowest BCUT2D eigenvalue weighted by Crippen LogP contribution is -2.48. The second-order valence-corrected chi connectivity index (χ2v) is 22.2. The Balaban J connectivity index is 1.55. The van der Waals surface area contributed by atoms with Crippen molar-refractivity contribution in [3.05, 3.63) is 64.6 Å². The van der Waals surface area contributed by atoms with E-state index in [-0.39, 0.29) is 25.8 Å². The van der Waals surface area contributed by atoms with Gasteiger partial charge in [0.05, 0.1) is 25.0 Å². The first-order valence-corrected chi connectivity index (χ1v) is 21.7. The first-order valence-electron chi connectivity index (χ1n) is 15.8. The van der Waals surface area contributed by atoms with Gasteiger partial charge in [-0.1, -0.05) is 43.4 Å². The molecule has 0 radical (unpaired) electrons. The minimum atomic E-state index is -3.92. The van der Waals surface area contributed by atoms with Crippen molar-refractivity contribution in [3.63, 3.8) is 0 Å². The molecule has 1 saturated heterocycles. The van der Waals surface area contributed by atoms with Crippen molar-refractivity contribution >= 4 is 46.8 Å². The number of benzene rings is 2. The van der Waals surface area contributed by atoms with Gasteiger partial charge in [-0.2, -0.15) is 13.5 Å². The van der Waals surface area contributed by atoms with E-state index in [4.69, 9.17) is 30.0 Å². The Labute approximate surface area is 283 Å². The number of ether oxygens (including phenoxy) is 3. The van der Waals surface area contributed by atoms with Crippen LogP contribution in [0.1, 0.15) is 50.8 Å². The number of carbonyl (C=O) groups is 1. The predicted octanol–water partition coefficient (Wildman–Crippen LogP) is 7.14. The van der Waals surface area contributed by atoms with Crippen LogP contribution in [0.2, 0.25) is 30.7 Å². The summed E-state index contributed by atoms with van der Waals surface area (Å²) in [4.78, 5) is 14.4. The number of piperidine rings is 1. The van der Waals surface area contributed by atoms with Crippen molar-refractivity contribution in [2.24, 2.45) is 0 Å². The van der Waals surface area contributed by atoms with Gasteiger partial charge in [0.1, 0.15) is 24.3 Å². The molecular weight excluding hydrogens is 665 g/mol. The van der Waals surface area contributed by atoms with E-state index >= 15 is 0 Å². The highest BCUT2D eigenvalue weighted by Gasteiger charge is 2.39. The molecule has 0 N–H and O–H groups in total. The maximum absolute atomic E-state index is 13.9. The molecule has 3 aromatic rings. The van der Waals surface area contributed by atoms with Crippen molar-refractivity contribution in [1.82, 2.24) is 14.7 Å². The van der Waals surface area contributed by atoms with Crippen LogP contribution in [0, 0.1) is 5.82 Å². The van der Waals surface area contributed by atoms with Crippen LogP contribution < -0.4 is 0 Å². The molecule has 1 aliphatic rings. The fraction of sp³-hybridized carbons (Fsp3) is 0.576. The molecule has 0 saturated carbocycles. The topological polar surface area (TPSA) is 109 Å². The second kappa shape index (κ2) is 14.9. The Morgan fingerprint density at radius 1 is 1.11 bits per heavy atom. The summed E-state index contributed by atoms with van der Waals surface area (Å²) in [5.74, 6) is -0.358. The summed E-state index contributed by atoms with van der Waals surface area (Å²) in [6.45, 7) is 14.0. The number of nitrogens with zero attached hydrogens (tertiary/aromatic N) is 3. The molecule has 2 aromatic carbocycles. The average molecular weight is 712 g/mol. The fourth-order valence-corrected chi connectivity index (χ4v) is 7.10. The molecule has 1 atom stereocenters. The van der Waals surface area contributed by atoms with Gasteiger partial charge < -0.3 is 19.1 Å². The molecule has 0 spiro atoms. The summed E-state index contributed by atoms with van der Waals surface area (Å²) < 4.78 is 63.7. The highest BCUT2D eigenvalue weighted by Crippen LogP contribution is 2.38. The Morgan fingerprint density at radius 3 is 2.36 bits per heavy atom. The Morgan fingerprint density at radius 2 is 1.77 bits per heavy atom. The van der Waals surface area contributed by atoms with E-state index in [1.807, 2.05) is 20.8 Å². The van der Waals surface area contributed by atoms with Gasteiger partial charge in [0.2, 0.25) is 0 Å². The summed E-state index contributed by atoms with van der Waals surface area (Å²) >= 11 is 6.49. The van der Waals surface area contributed by atoms with Crippen LogP contribution in [0.3, 0.4) is 0 Å². The first-order chi connectivity index (χ1) is 21.8. The SMILES string of the molecule is CC(C)(C)OC(=O)N1CCC(COCC(OS(C)(=O)=O)c2cc(Cl)cc3cn(COCC[Si](C)(C)C)nc23)(c2ccc(F)cc2)CC1. The third-order valence-corrected chi connectivity index (χ3v) is 10.5. The van der Waals surface area contributed by atoms with Gasteiger partial charge in [0.15, 0.2) is 0 Å². The van der Waals surface area contributed by atoms with E-state index in [2.05, 4.69) is 24.7 Å². The first kappa shape index (κ1) is 37.3. The highest BCUT2D eigenvalue weighted by molar-refractivity contribution is 7.86. The molecule has 1 unspecified atom stereocenters. The van der Waals surface area contributed by atoms with Gasteiger partial charge in [0.25, 0.3) is 10.1 Å². The molecule has 47 heavy (non-hydrogen) atoms. The molecule has 0 aliphatic carbocycles. The standard InChI is InChI=1S/C33H47ClFN3O7SSi/c1-32(2,3)44-31(39)37-14-12-33(13-15-37,25-8-10-27(35)11-9-25)22-43-21-29(45-46(4,40)41)28-19-26(34)18-24-20-38(36-30(24)28)23-42-16-17-47(5,6)7/h8-11,18-20,29H,12-17,21-23H2,1-7H3. The summed E-state index contributed by atoms with van der Waals surface area (Å²) in [7, 11) is -5.17. The van der Waals surface area contributed by atoms with Crippen molar-refractivity contribution in [3.8, 4) is 0 Å². The van der Waals surface area contributed by atoms with Crippen LogP contribution in [0.15, 0.2) is 42.6 Å². The number of carbonyl (C=O) groups excluding carboxylic acids is 1. The van der Waals surface area contributed by atoms with Gasteiger partial charge in [0, 0.05) is 55.4 Å². The number of hydrogen-bond acceptors (Lipinski definition) is 8. The normalized spacial score (nSPS) is 16.4. The molecule has 260 valence electrons. The zero-order chi connectivity index (χ0) is 34.6. The highest BCUT2D eigenvalue weighted by atomic mass is 35.5. The smallest absolute Gasteiger partial charge is 0.410 e. The van der Waals surface area contributed by atoms with Crippen LogP contribution in [0.4, 0.5) is 9.18 Å². The lowest BCUT2D eigenvalue weighted by Gasteiger charge is -2.42. The number of hydrogen-bond donors (Lipinski definition) is 0. The molecular formula is C33H47ClFN3O7SSi. The van der Waals surface area contributed by atoms with Crippen LogP contribution in [-0.4, -0.2) is 82.0 Å². The summed E-state index contributed by atoms with van der Waals surface area (Å²) in [5.41, 5.74) is 0.665. The molecule has 14 heteroatoms. The Hall–Kier alpha value is -2.55. The van der Waals surface area contributed by atoms with Gasteiger partial charge >= 0.3 is 6.09 Å². The molecule has 1 amide bonds. The van der Waals surface area contributed by atoms with E-state index < -0.39 is 41.4 Å². The minimum Gasteiger partial charge on any atom is -0.444 e. The van der Waals surface area contributed by atoms with Crippen LogP contribution in [0.5, 0.6) is 0 Å². The molecule has 1 aliphatic heterocycles. The number of fused-ring (bicyclic) bond motifs is 1. The average Bonchev–Trinajstić information content (AvgIpc) is 3.35. The van der Waals surface area contributed by atoms with Crippen LogP contribution in [-0.2, 0) is 40.7 Å². The second-order valence-electron chi connectivity index (χ2n) is 14.5.